The predicted octanol–water partition coefficient (Wildman–Crippen LogP) is 0.997. The van der Waals surface area contributed by atoms with Gasteiger partial charge in [0.25, 0.3) is 11.6 Å². The first-order chi connectivity index (χ1) is 11.7. The number of sulfonamides is 1. The van der Waals surface area contributed by atoms with Crippen molar-refractivity contribution in [3.05, 3.63) is 58.3 Å². The Bertz CT molecular complexity index is 879. The lowest BCUT2D eigenvalue weighted by molar-refractivity contribution is -0.385. The minimum Gasteiger partial charge on any atom is -0.282 e. The number of nitrogens with zero attached hydrogens (tertiary/aromatic N) is 3. The molecule has 0 atom stereocenters. The summed E-state index contributed by atoms with van der Waals surface area (Å²) in [6.45, 7) is 0. The average molecular weight is 365 g/mol. The highest BCUT2D eigenvalue weighted by Crippen LogP contribution is 2.14. The van der Waals surface area contributed by atoms with Gasteiger partial charge in [0, 0.05) is 25.7 Å². The number of benzene rings is 1. The Morgan fingerprint density at radius 1 is 1.16 bits per heavy atom. The summed E-state index contributed by atoms with van der Waals surface area (Å²) in [4.78, 5) is 25.8. The molecule has 0 unspecified atom stereocenters. The van der Waals surface area contributed by atoms with Gasteiger partial charge in [-0.25, -0.2) is 17.7 Å². The van der Waals surface area contributed by atoms with Crippen molar-refractivity contribution in [2.75, 3.05) is 19.5 Å². The largest absolute Gasteiger partial charge is 0.287 e. The summed E-state index contributed by atoms with van der Waals surface area (Å²) in [5.74, 6) is -0.306. The van der Waals surface area contributed by atoms with Crippen molar-refractivity contribution in [1.82, 2.24) is 14.7 Å². The normalized spacial score (nSPS) is 11.2. The number of nitro groups is 1. The summed E-state index contributed by atoms with van der Waals surface area (Å²) in [5, 5.41) is 10.5. The number of pyridine rings is 1. The molecule has 0 aliphatic heterocycles. The molecule has 25 heavy (non-hydrogen) atoms. The van der Waals surface area contributed by atoms with Crippen LogP contribution in [0.25, 0.3) is 0 Å². The van der Waals surface area contributed by atoms with Crippen LogP contribution in [0, 0.1) is 10.1 Å². The van der Waals surface area contributed by atoms with Crippen LogP contribution in [0.2, 0.25) is 0 Å². The molecule has 132 valence electrons. The van der Waals surface area contributed by atoms with Gasteiger partial charge in [0.15, 0.2) is 0 Å². The number of aromatic nitrogens is 1. The van der Waals surface area contributed by atoms with E-state index >= 15 is 0 Å². The van der Waals surface area contributed by atoms with E-state index in [0.717, 1.165) is 10.5 Å². The topological polar surface area (TPSA) is 135 Å². The fraction of sp³-hybridized carbons (Fsp3) is 0.143. The van der Waals surface area contributed by atoms with Gasteiger partial charge in [-0.2, -0.15) is 0 Å². The van der Waals surface area contributed by atoms with Gasteiger partial charge in [-0.05, 0) is 30.3 Å². The number of anilines is 1. The lowest BCUT2D eigenvalue weighted by Crippen LogP contribution is -2.29. The molecule has 2 aromatic rings. The number of amides is 1. The Morgan fingerprint density at radius 3 is 2.28 bits per heavy atom. The van der Waals surface area contributed by atoms with Crippen LogP contribution in [0.1, 0.15) is 10.4 Å². The van der Waals surface area contributed by atoms with Gasteiger partial charge in [0.1, 0.15) is 12.0 Å². The van der Waals surface area contributed by atoms with E-state index in [4.69, 9.17) is 0 Å². The van der Waals surface area contributed by atoms with E-state index in [2.05, 4.69) is 15.8 Å². The molecule has 0 saturated heterocycles. The van der Waals surface area contributed by atoms with Crippen molar-refractivity contribution in [3.8, 4) is 0 Å². The lowest BCUT2D eigenvalue weighted by Gasteiger charge is -2.12. The molecule has 0 radical (unpaired) electrons. The molecule has 1 heterocycles. The van der Waals surface area contributed by atoms with Crippen LogP contribution in [-0.4, -0.2) is 42.6 Å². The smallest absolute Gasteiger partial charge is 0.282 e. The monoisotopic (exact) mass is 365 g/mol. The molecule has 1 amide bonds. The second kappa shape index (κ2) is 7.23. The van der Waals surface area contributed by atoms with Crippen molar-refractivity contribution in [1.29, 1.82) is 0 Å². The Labute approximate surface area is 143 Å². The van der Waals surface area contributed by atoms with E-state index in [-0.39, 0.29) is 22.0 Å². The first-order valence-corrected chi connectivity index (χ1v) is 8.35. The Morgan fingerprint density at radius 2 is 1.80 bits per heavy atom. The average Bonchev–Trinajstić information content (AvgIpc) is 2.60. The minimum absolute atomic E-state index is 0.0686. The highest BCUT2D eigenvalue weighted by Gasteiger charge is 2.17. The molecule has 10 nitrogen and oxygen atoms in total. The van der Waals surface area contributed by atoms with Crippen LogP contribution in [0.3, 0.4) is 0 Å². The van der Waals surface area contributed by atoms with Gasteiger partial charge < -0.3 is 0 Å². The van der Waals surface area contributed by atoms with E-state index in [9.17, 15) is 23.3 Å². The van der Waals surface area contributed by atoms with Gasteiger partial charge in [-0.1, -0.05) is 0 Å². The summed E-state index contributed by atoms with van der Waals surface area (Å²) in [6, 6.07) is 7.98. The van der Waals surface area contributed by atoms with E-state index in [1.54, 1.807) is 0 Å². The summed E-state index contributed by atoms with van der Waals surface area (Å²) < 4.78 is 25.0. The minimum atomic E-state index is -3.56. The first-order valence-electron chi connectivity index (χ1n) is 6.91. The maximum absolute atomic E-state index is 12.0. The van der Waals surface area contributed by atoms with Gasteiger partial charge >= 0.3 is 0 Å². The molecule has 0 spiro atoms. The van der Waals surface area contributed by atoms with Gasteiger partial charge in [0.2, 0.25) is 10.0 Å². The van der Waals surface area contributed by atoms with Crippen molar-refractivity contribution in [2.24, 2.45) is 0 Å². The van der Waals surface area contributed by atoms with Crippen LogP contribution in [0.15, 0.2) is 47.5 Å². The van der Waals surface area contributed by atoms with E-state index in [0.29, 0.717) is 0 Å². The molecule has 11 heteroatoms. The predicted molar refractivity (Wildman–Crippen MR) is 89.3 cm³/mol. The summed E-state index contributed by atoms with van der Waals surface area (Å²) >= 11 is 0. The molecule has 1 aromatic carbocycles. The number of carbonyl (C=O) groups excluding carboxylic acids is 1. The van der Waals surface area contributed by atoms with Crippen molar-refractivity contribution in [2.45, 2.75) is 4.90 Å². The Kier molecular flexibility index (Phi) is 5.29. The highest BCUT2D eigenvalue weighted by molar-refractivity contribution is 7.89. The summed E-state index contributed by atoms with van der Waals surface area (Å²) in [7, 11) is -0.737. The molecule has 2 N–H and O–H groups in total. The molecular weight excluding hydrogens is 350 g/mol. The number of hydrogen-bond acceptors (Lipinski definition) is 7. The van der Waals surface area contributed by atoms with E-state index < -0.39 is 20.9 Å². The molecule has 2 rings (SSSR count). The maximum Gasteiger partial charge on any atom is 0.287 e. The third kappa shape index (κ3) is 4.28. The second-order valence-electron chi connectivity index (χ2n) is 5.05. The van der Waals surface area contributed by atoms with Crippen LogP contribution in [-0.2, 0) is 10.0 Å². The molecule has 0 aliphatic carbocycles. The standard InChI is InChI=1S/C14H15N5O5S/c1-18(2)25(23,24)12-6-3-10(4-7-12)14(20)17-16-13-8-5-11(9-15-13)19(21)22/h3-9H,1-2H3,(H,15,16)(H,17,20). The van der Waals surface area contributed by atoms with Crippen LogP contribution in [0.5, 0.6) is 0 Å². The molecule has 0 fully saturated rings. The zero-order chi connectivity index (χ0) is 18.6. The zero-order valence-corrected chi connectivity index (χ0v) is 14.1. The fourth-order valence-electron chi connectivity index (χ4n) is 1.75. The number of rotatable bonds is 6. The van der Waals surface area contributed by atoms with Crippen molar-refractivity contribution < 1.29 is 18.1 Å². The maximum atomic E-state index is 12.0. The third-order valence-corrected chi connectivity index (χ3v) is 4.99. The van der Waals surface area contributed by atoms with Crippen LogP contribution in [0.4, 0.5) is 11.5 Å². The van der Waals surface area contributed by atoms with Crippen LogP contribution >= 0.6 is 0 Å². The molecule has 1 aromatic heterocycles. The molecule has 0 saturated carbocycles. The Balaban J connectivity index is 2.02. The SMILES string of the molecule is CN(C)S(=O)(=O)c1ccc(C(=O)NNc2ccc([N+](=O)[O-])cn2)cc1. The van der Waals surface area contributed by atoms with E-state index in [1.165, 1.54) is 50.5 Å². The third-order valence-electron chi connectivity index (χ3n) is 3.16. The second-order valence-corrected chi connectivity index (χ2v) is 7.20. The Hall–Kier alpha value is -3.05. The number of hydrogen-bond donors (Lipinski definition) is 2. The summed E-state index contributed by atoms with van der Waals surface area (Å²) in [5.41, 5.74) is 4.93. The van der Waals surface area contributed by atoms with Crippen molar-refractivity contribution in [3.63, 3.8) is 0 Å². The zero-order valence-electron chi connectivity index (χ0n) is 13.3. The fourth-order valence-corrected chi connectivity index (χ4v) is 2.65. The summed E-state index contributed by atoms with van der Waals surface area (Å²) in [6.07, 6.45) is 1.05. The number of nitrogens with one attached hydrogen (secondary N) is 2. The highest BCUT2D eigenvalue weighted by atomic mass is 32.2. The molecule has 0 aliphatic rings. The van der Waals surface area contributed by atoms with Gasteiger partial charge in [-0.3, -0.25) is 25.8 Å². The van der Waals surface area contributed by atoms with Crippen LogP contribution < -0.4 is 10.9 Å². The number of carbonyl (C=O) groups is 1. The molecule has 0 bridgehead atoms. The van der Waals surface area contributed by atoms with Gasteiger partial charge in [-0.15, -0.1) is 0 Å². The van der Waals surface area contributed by atoms with Gasteiger partial charge in [0.05, 0.1) is 9.82 Å². The lowest BCUT2D eigenvalue weighted by atomic mass is 10.2. The van der Waals surface area contributed by atoms with Crippen molar-refractivity contribution >= 4 is 27.4 Å². The van der Waals surface area contributed by atoms with E-state index in [1.807, 2.05) is 0 Å². The molecular formula is C14H15N5O5S. The quantitative estimate of drug-likeness (QED) is 0.576. The number of hydrazine groups is 1. The first kappa shape index (κ1) is 18.3.